The number of hydrogen-bond acceptors (Lipinski definition) is 8. The van der Waals surface area contributed by atoms with E-state index in [2.05, 4.69) is 47.8 Å². The van der Waals surface area contributed by atoms with E-state index in [1.807, 2.05) is 0 Å². The van der Waals surface area contributed by atoms with E-state index in [9.17, 15) is 24.0 Å². The van der Waals surface area contributed by atoms with E-state index in [4.69, 9.17) is 60.6 Å². The number of benzene rings is 4. The molecule has 0 heterocycles. The Balaban J connectivity index is 1.28. The monoisotopic (exact) mass is 943 g/mol. The molecule has 17 heteroatoms. The Labute approximate surface area is 347 Å². The van der Waals surface area contributed by atoms with Crippen LogP contribution in [0.5, 0.6) is 11.5 Å². The smallest absolute Gasteiger partial charge is 0.333 e. The largest absolute Gasteiger partial charge is 0.486 e. The van der Waals surface area contributed by atoms with Crippen LogP contribution in [0, 0.1) is 0 Å². The molecular weight excluding hydrogens is 916 g/mol. The van der Waals surface area contributed by atoms with Crippen LogP contribution in [0.3, 0.4) is 0 Å². The van der Waals surface area contributed by atoms with Crippen molar-refractivity contribution in [2.45, 2.75) is 46.3 Å². The number of carbonyl (C=O) groups excluding carboxylic acids is 5. The minimum absolute atomic E-state index is 0.0149. The topological polar surface area (TPSA) is 149 Å². The Morgan fingerprint density at radius 3 is 1.63 bits per heavy atom. The van der Waals surface area contributed by atoms with Crippen LogP contribution in [0.1, 0.15) is 53.7 Å². The lowest BCUT2D eigenvalue weighted by molar-refractivity contribution is -0.158. The van der Waals surface area contributed by atoms with Gasteiger partial charge in [-0.2, -0.15) is 0 Å². The number of anilines is 2. The third-order valence-corrected chi connectivity index (χ3v) is 10.0. The molecule has 3 N–H and O–H groups in total. The zero-order chi connectivity index (χ0) is 39.5. The first-order valence-corrected chi connectivity index (χ1v) is 19.2. The third-order valence-electron chi connectivity index (χ3n) is 7.38. The summed E-state index contributed by atoms with van der Waals surface area (Å²) in [7, 11) is 0. The van der Waals surface area contributed by atoms with Gasteiger partial charge in [-0.1, -0.05) is 84.5 Å². The molecule has 11 nitrogen and oxygen atoms in total. The van der Waals surface area contributed by atoms with Gasteiger partial charge < -0.3 is 30.2 Å². The average molecular weight is 947 g/mol. The van der Waals surface area contributed by atoms with Crippen LogP contribution in [0.15, 0.2) is 69.6 Å². The standard InChI is InChI=1S/C37H31Br2Cl4N3O8/c1-3-29(47)45-27-9-5-7-20(33(27)42)17-52-35-23(38)11-19(12-24(35)39)13-31(49)54-32(50)16-44-37(51)22-14-25(40)36(26(41)15-22)53-18-21-8-6-10-28(34(21)43)46-30(48)4-2/h5-12,14-15H,3-4,13,16-18H2,1-2H3,(H,44,51)(H,45,47)(H,46,48). The van der Waals surface area contributed by atoms with Crippen LogP contribution in [-0.4, -0.2) is 36.2 Å². The molecule has 54 heavy (non-hydrogen) atoms. The number of hydrogen-bond donors (Lipinski definition) is 3. The van der Waals surface area contributed by atoms with Crippen LogP contribution in [0.25, 0.3) is 0 Å². The Morgan fingerprint density at radius 2 is 1.15 bits per heavy atom. The normalized spacial score (nSPS) is 10.7. The Hall–Kier alpha value is -3.85. The van der Waals surface area contributed by atoms with Crippen molar-refractivity contribution in [2.24, 2.45) is 0 Å². The number of ether oxygens (including phenoxy) is 3. The Kier molecular flexibility index (Phi) is 16.0. The fourth-order valence-corrected chi connectivity index (χ4v) is 7.22. The summed E-state index contributed by atoms with van der Waals surface area (Å²) in [5.74, 6) is -2.42. The fraction of sp³-hybridized carbons (Fsp3) is 0.216. The fourth-order valence-electron chi connectivity index (χ4n) is 4.65. The summed E-state index contributed by atoms with van der Waals surface area (Å²) in [4.78, 5) is 61.4. The van der Waals surface area contributed by atoms with E-state index < -0.39 is 24.4 Å². The van der Waals surface area contributed by atoms with Gasteiger partial charge in [0.25, 0.3) is 5.91 Å². The number of halogens is 6. The second-order valence-corrected chi connectivity index (χ2v) is 14.6. The molecule has 284 valence electrons. The molecule has 4 aromatic rings. The molecular formula is C37H31Br2Cl4N3O8. The van der Waals surface area contributed by atoms with Crippen molar-refractivity contribution in [3.63, 3.8) is 0 Å². The summed E-state index contributed by atoms with van der Waals surface area (Å²) in [6.07, 6.45) is 0.320. The summed E-state index contributed by atoms with van der Waals surface area (Å²) in [6, 6.07) is 16.1. The number of amides is 3. The minimum atomic E-state index is -0.993. The number of esters is 2. The molecule has 0 aliphatic heterocycles. The molecule has 0 aliphatic carbocycles. The molecule has 0 fully saturated rings. The highest BCUT2D eigenvalue weighted by Crippen LogP contribution is 2.38. The van der Waals surface area contributed by atoms with Gasteiger partial charge in [0.1, 0.15) is 25.5 Å². The van der Waals surface area contributed by atoms with E-state index >= 15 is 0 Å². The van der Waals surface area contributed by atoms with E-state index in [-0.39, 0.29) is 64.3 Å². The first-order valence-electron chi connectivity index (χ1n) is 16.1. The highest BCUT2D eigenvalue weighted by molar-refractivity contribution is 9.11. The van der Waals surface area contributed by atoms with Gasteiger partial charge in [-0.3, -0.25) is 19.2 Å². The van der Waals surface area contributed by atoms with Gasteiger partial charge in [-0.15, -0.1) is 0 Å². The van der Waals surface area contributed by atoms with Crippen molar-refractivity contribution in [1.82, 2.24) is 5.32 Å². The van der Waals surface area contributed by atoms with Crippen LogP contribution in [0.2, 0.25) is 20.1 Å². The van der Waals surface area contributed by atoms with Gasteiger partial charge in [0.05, 0.1) is 46.8 Å². The lowest BCUT2D eigenvalue weighted by atomic mass is 10.1. The van der Waals surface area contributed by atoms with Crippen molar-refractivity contribution in [3.05, 3.63) is 112 Å². The quantitative estimate of drug-likeness (QED) is 0.0788. The molecule has 3 amide bonds. The summed E-state index contributed by atoms with van der Waals surface area (Å²) in [5.41, 5.74) is 2.61. The molecule has 0 bridgehead atoms. The number of nitrogens with one attached hydrogen (secondary N) is 3. The zero-order valence-electron chi connectivity index (χ0n) is 28.5. The van der Waals surface area contributed by atoms with Gasteiger partial charge in [0, 0.05) is 29.5 Å². The Bertz CT molecular complexity index is 2050. The number of carbonyl (C=O) groups is 5. The summed E-state index contributed by atoms with van der Waals surface area (Å²) in [5, 5.41) is 8.49. The summed E-state index contributed by atoms with van der Waals surface area (Å²) >= 11 is 32.5. The lowest BCUT2D eigenvalue weighted by Gasteiger charge is -2.15. The van der Waals surface area contributed by atoms with E-state index in [1.54, 1.807) is 62.4 Å². The maximum Gasteiger partial charge on any atom is 0.333 e. The van der Waals surface area contributed by atoms with Gasteiger partial charge >= 0.3 is 11.9 Å². The van der Waals surface area contributed by atoms with Crippen LogP contribution < -0.4 is 25.4 Å². The maximum absolute atomic E-state index is 12.8. The molecule has 4 aromatic carbocycles. The first-order chi connectivity index (χ1) is 25.7. The predicted molar refractivity (Wildman–Crippen MR) is 215 cm³/mol. The van der Waals surface area contributed by atoms with E-state index in [0.29, 0.717) is 54.2 Å². The third kappa shape index (κ3) is 11.8. The molecule has 0 spiro atoms. The predicted octanol–water partition coefficient (Wildman–Crippen LogP) is 9.72. The van der Waals surface area contributed by atoms with Crippen molar-refractivity contribution < 1.29 is 38.2 Å². The zero-order valence-corrected chi connectivity index (χ0v) is 34.7. The van der Waals surface area contributed by atoms with Crippen molar-refractivity contribution >= 4 is 119 Å². The minimum Gasteiger partial charge on any atom is -0.486 e. The van der Waals surface area contributed by atoms with Crippen molar-refractivity contribution in [1.29, 1.82) is 0 Å². The second kappa shape index (κ2) is 20.2. The van der Waals surface area contributed by atoms with Crippen LogP contribution >= 0.6 is 78.3 Å². The molecule has 0 unspecified atom stereocenters. The maximum atomic E-state index is 12.8. The van der Waals surface area contributed by atoms with Gasteiger partial charge in [-0.05, 0) is 73.8 Å². The van der Waals surface area contributed by atoms with Crippen LogP contribution in [0.4, 0.5) is 11.4 Å². The van der Waals surface area contributed by atoms with Gasteiger partial charge in [0.15, 0.2) is 5.75 Å². The molecule has 0 radical (unpaired) electrons. The van der Waals surface area contributed by atoms with Crippen molar-refractivity contribution in [3.8, 4) is 11.5 Å². The van der Waals surface area contributed by atoms with Crippen molar-refractivity contribution in [2.75, 3.05) is 17.2 Å². The van der Waals surface area contributed by atoms with Crippen LogP contribution in [-0.2, 0) is 43.5 Å². The highest BCUT2D eigenvalue weighted by atomic mass is 79.9. The van der Waals surface area contributed by atoms with Gasteiger partial charge in [-0.25, -0.2) is 4.79 Å². The van der Waals surface area contributed by atoms with Gasteiger partial charge in [0.2, 0.25) is 11.8 Å². The van der Waals surface area contributed by atoms with E-state index in [1.165, 1.54) is 12.1 Å². The molecule has 0 aliphatic rings. The van der Waals surface area contributed by atoms with E-state index in [0.717, 1.165) is 0 Å². The summed E-state index contributed by atoms with van der Waals surface area (Å²) in [6.45, 7) is 2.87. The molecule has 0 saturated heterocycles. The second-order valence-electron chi connectivity index (χ2n) is 11.3. The first kappa shape index (κ1) is 42.9. The molecule has 4 rings (SSSR count). The molecule has 0 atom stereocenters. The Morgan fingerprint density at radius 1 is 0.667 bits per heavy atom. The average Bonchev–Trinajstić information content (AvgIpc) is 3.12. The molecule has 0 saturated carbocycles. The summed E-state index contributed by atoms with van der Waals surface area (Å²) < 4.78 is 17.7. The lowest BCUT2D eigenvalue weighted by Crippen LogP contribution is -2.32. The number of rotatable bonds is 15. The molecule has 0 aromatic heterocycles. The SMILES string of the molecule is CCC(=O)Nc1cccc(COc2c(Cl)cc(C(=O)NCC(=O)OC(=O)Cc3cc(Br)c(OCc4cccc(NC(=O)CC)c4Cl)c(Br)c3)cc2Cl)c1Cl. The highest BCUT2D eigenvalue weighted by Gasteiger charge is 2.19.